The molecule has 1 aromatic carbocycles. The second-order valence-electron chi connectivity index (χ2n) is 4.70. The maximum Gasteiger partial charge on any atom is 0.416 e. The Labute approximate surface area is 121 Å². The number of hydrogen-bond donors (Lipinski definition) is 1. The standard InChI is InChI=1S/C14H16ClF3N2/c1-2-13(20-7-5-19-6-8-20)11-9-10(14(16,17)18)3-4-12(11)15/h2-4,9,13,19H,1,5-8H2/t13-/m1/s1. The van der Waals surface area contributed by atoms with Crippen LogP contribution < -0.4 is 5.32 Å². The average Bonchev–Trinajstić information content (AvgIpc) is 2.41. The first kappa shape index (κ1) is 15.4. The van der Waals surface area contributed by atoms with Crippen LogP contribution in [0.4, 0.5) is 13.2 Å². The van der Waals surface area contributed by atoms with Gasteiger partial charge in [-0.05, 0) is 23.8 Å². The van der Waals surface area contributed by atoms with Crippen molar-refractivity contribution in [3.05, 3.63) is 47.0 Å². The fourth-order valence-corrected chi connectivity index (χ4v) is 2.61. The maximum absolute atomic E-state index is 12.8. The number of benzene rings is 1. The SMILES string of the molecule is C=C[C@H](c1cc(C(F)(F)F)ccc1Cl)N1CCNCC1. The van der Waals surface area contributed by atoms with Crippen LogP contribution in [0.1, 0.15) is 17.2 Å². The van der Waals surface area contributed by atoms with Crippen molar-refractivity contribution in [2.45, 2.75) is 12.2 Å². The molecule has 0 radical (unpaired) electrons. The number of nitrogens with one attached hydrogen (secondary N) is 1. The summed E-state index contributed by atoms with van der Waals surface area (Å²) in [4.78, 5) is 2.07. The highest BCUT2D eigenvalue weighted by atomic mass is 35.5. The third-order valence-corrected chi connectivity index (χ3v) is 3.75. The summed E-state index contributed by atoms with van der Waals surface area (Å²) in [5, 5.41) is 3.54. The molecule has 0 bridgehead atoms. The lowest BCUT2D eigenvalue weighted by molar-refractivity contribution is -0.137. The van der Waals surface area contributed by atoms with Crippen molar-refractivity contribution in [2.75, 3.05) is 26.2 Å². The van der Waals surface area contributed by atoms with Gasteiger partial charge in [0.2, 0.25) is 0 Å². The minimum absolute atomic E-state index is 0.299. The molecular weight excluding hydrogens is 289 g/mol. The van der Waals surface area contributed by atoms with Gasteiger partial charge in [-0.3, -0.25) is 4.90 Å². The first-order chi connectivity index (χ1) is 9.43. The Hall–Kier alpha value is -1.04. The van der Waals surface area contributed by atoms with E-state index in [0.717, 1.165) is 38.3 Å². The van der Waals surface area contributed by atoms with Gasteiger partial charge in [-0.15, -0.1) is 6.58 Å². The van der Waals surface area contributed by atoms with Crippen molar-refractivity contribution in [3.8, 4) is 0 Å². The summed E-state index contributed by atoms with van der Waals surface area (Å²) < 4.78 is 38.4. The normalized spacial score (nSPS) is 18.8. The maximum atomic E-state index is 12.8. The van der Waals surface area contributed by atoms with Crippen LogP contribution in [0.5, 0.6) is 0 Å². The highest BCUT2D eigenvalue weighted by Crippen LogP contribution is 2.35. The van der Waals surface area contributed by atoms with Gasteiger partial charge in [0, 0.05) is 31.2 Å². The third-order valence-electron chi connectivity index (χ3n) is 3.41. The molecule has 0 saturated carbocycles. The summed E-state index contributed by atoms with van der Waals surface area (Å²) in [7, 11) is 0. The highest BCUT2D eigenvalue weighted by molar-refractivity contribution is 6.31. The van der Waals surface area contributed by atoms with Gasteiger partial charge in [0.05, 0.1) is 11.6 Å². The Morgan fingerprint density at radius 2 is 1.95 bits per heavy atom. The van der Waals surface area contributed by atoms with Crippen LogP contribution in [0.3, 0.4) is 0 Å². The van der Waals surface area contributed by atoms with Gasteiger partial charge >= 0.3 is 6.18 Å². The van der Waals surface area contributed by atoms with Crippen molar-refractivity contribution in [1.82, 2.24) is 10.2 Å². The molecule has 0 spiro atoms. The second-order valence-corrected chi connectivity index (χ2v) is 5.11. The summed E-state index contributed by atoms with van der Waals surface area (Å²) in [6.07, 6.45) is -2.72. The molecule has 1 aliphatic rings. The van der Waals surface area contributed by atoms with Gasteiger partial charge in [-0.2, -0.15) is 13.2 Å². The lowest BCUT2D eigenvalue weighted by Gasteiger charge is -2.34. The van der Waals surface area contributed by atoms with Crippen LogP contribution in [0, 0.1) is 0 Å². The van der Waals surface area contributed by atoms with E-state index in [-0.39, 0.29) is 6.04 Å². The van der Waals surface area contributed by atoms with Crippen molar-refractivity contribution in [2.24, 2.45) is 0 Å². The van der Waals surface area contributed by atoms with Crippen molar-refractivity contribution in [3.63, 3.8) is 0 Å². The van der Waals surface area contributed by atoms with Gasteiger partial charge in [0.15, 0.2) is 0 Å². The molecule has 1 saturated heterocycles. The predicted molar refractivity (Wildman–Crippen MR) is 73.8 cm³/mol. The van der Waals surface area contributed by atoms with Crippen LogP contribution >= 0.6 is 11.6 Å². The zero-order valence-corrected chi connectivity index (χ0v) is 11.6. The first-order valence-electron chi connectivity index (χ1n) is 6.37. The lowest BCUT2D eigenvalue weighted by atomic mass is 10.0. The molecular formula is C14H16ClF3N2. The smallest absolute Gasteiger partial charge is 0.314 e. The van der Waals surface area contributed by atoms with Gasteiger partial charge in [-0.25, -0.2) is 0 Å². The van der Waals surface area contributed by atoms with Gasteiger partial charge in [0.1, 0.15) is 0 Å². The number of nitrogens with zero attached hydrogens (tertiary/aromatic N) is 1. The van der Waals surface area contributed by atoms with E-state index in [1.54, 1.807) is 6.08 Å². The molecule has 1 heterocycles. The topological polar surface area (TPSA) is 15.3 Å². The molecule has 6 heteroatoms. The zero-order valence-electron chi connectivity index (χ0n) is 10.9. The summed E-state index contributed by atoms with van der Waals surface area (Å²) >= 11 is 6.08. The van der Waals surface area contributed by atoms with Crippen LogP contribution in [-0.2, 0) is 6.18 Å². The Kier molecular flexibility index (Phi) is 4.73. The quantitative estimate of drug-likeness (QED) is 0.860. The van der Waals surface area contributed by atoms with Crippen LogP contribution in [0.2, 0.25) is 5.02 Å². The molecule has 1 aliphatic heterocycles. The van der Waals surface area contributed by atoms with Gasteiger partial charge in [-0.1, -0.05) is 17.7 Å². The van der Waals surface area contributed by atoms with Crippen LogP contribution in [-0.4, -0.2) is 31.1 Å². The number of halogens is 4. The molecule has 0 unspecified atom stereocenters. The van der Waals surface area contributed by atoms with E-state index in [4.69, 9.17) is 11.6 Å². The van der Waals surface area contributed by atoms with E-state index in [2.05, 4.69) is 16.8 Å². The molecule has 1 fully saturated rings. The van der Waals surface area contributed by atoms with E-state index in [1.165, 1.54) is 6.07 Å². The molecule has 110 valence electrons. The Morgan fingerprint density at radius 3 is 2.50 bits per heavy atom. The van der Waals surface area contributed by atoms with E-state index in [1.807, 2.05) is 0 Å². The van der Waals surface area contributed by atoms with Gasteiger partial charge in [0.25, 0.3) is 0 Å². The Balaban J connectivity index is 2.35. The molecule has 0 amide bonds. The molecule has 20 heavy (non-hydrogen) atoms. The number of alkyl halides is 3. The predicted octanol–water partition coefficient (Wildman–Crippen LogP) is 3.49. The Morgan fingerprint density at radius 1 is 1.30 bits per heavy atom. The highest BCUT2D eigenvalue weighted by Gasteiger charge is 2.32. The lowest BCUT2D eigenvalue weighted by Crippen LogP contribution is -2.44. The molecule has 1 atom stereocenters. The molecule has 2 nitrogen and oxygen atoms in total. The molecule has 2 rings (SSSR count). The fourth-order valence-electron chi connectivity index (χ4n) is 2.38. The third kappa shape index (κ3) is 3.34. The summed E-state index contributed by atoms with van der Waals surface area (Å²) in [5.74, 6) is 0. The van der Waals surface area contributed by atoms with Crippen LogP contribution in [0.15, 0.2) is 30.9 Å². The second kappa shape index (κ2) is 6.16. The molecule has 0 aromatic heterocycles. The van der Waals surface area contributed by atoms with E-state index < -0.39 is 11.7 Å². The number of hydrogen-bond acceptors (Lipinski definition) is 2. The summed E-state index contributed by atoms with van der Waals surface area (Å²) in [6, 6.07) is 3.13. The van der Waals surface area contributed by atoms with E-state index >= 15 is 0 Å². The first-order valence-corrected chi connectivity index (χ1v) is 6.75. The largest absolute Gasteiger partial charge is 0.416 e. The Bertz CT molecular complexity index is 482. The minimum atomic E-state index is -4.37. The van der Waals surface area contributed by atoms with E-state index in [9.17, 15) is 13.2 Å². The molecule has 1 N–H and O–H groups in total. The molecule has 1 aromatic rings. The van der Waals surface area contributed by atoms with E-state index in [0.29, 0.717) is 10.6 Å². The van der Waals surface area contributed by atoms with Crippen molar-refractivity contribution in [1.29, 1.82) is 0 Å². The monoisotopic (exact) mass is 304 g/mol. The average molecular weight is 305 g/mol. The number of rotatable bonds is 3. The van der Waals surface area contributed by atoms with Crippen molar-refractivity contribution >= 4 is 11.6 Å². The number of piperazine rings is 1. The van der Waals surface area contributed by atoms with Crippen molar-refractivity contribution < 1.29 is 13.2 Å². The van der Waals surface area contributed by atoms with Gasteiger partial charge < -0.3 is 5.32 Å². The van der Waals surface area contributed by atoms with Crippen LogP contribution in [0.25, 0.3) is 0 Å². The molecule has 0 aliphatic carbocycles. The summed E-state index contributed by atoms with van der Waals surface area (Å²) in [5.41, 5.74) is -0.225. The minimum Gasteiger partial charge on any atom is -0.314 e. The fraction of sp³-hybridized carbons (Fsp3) is 0.429. The summed E-state index contributed by atoms with van der Waals surface area (Å²) in [6.45, 7) is 6.86. The zero-order chi connectivity index (χ0) is 14.8.